The van der Waals surface area contributed by atoms with Crippen LogP contribution in [0.25, 0.3) is 27.7 Å². The van der Waals surface area contributed by atoms with Crippen molar-refractivity contribution in [1.29, 1.82) is 0 Å². The maximum Gasteiger partial charge on any atom is 0.255 e. The number of alkyl halides is 1. The summed E-state index contributed by atoms with van der Waals surface area (Å²) in [5.74, 6) is -0.303. The van der Waals surface area contributed by atoms with Gasteiger partial charge < -0.3 is 15.6 Å². The molecule has 3 N–H and O–H groups in total. The molecule has 0 bridgehead atoms. The molecule has 7 nitrogen and oxygen atoms in total. The van der Waals surface area contributed by atoms with E-state index >= 15 is 0 Å². The summed E-state index contributed by atoms with van der Waals surface area (Å²) in [7, 11) is 0. The number of fused-ring (bicyclic) bond motifs is 2. The van der Waals surface area contributed by atoms with Gasteiger partial charge in [-0.25, -0.2) is 13.9 Å². The average molecular weight is 378 g/mol. The number of aromatic nitrogens is 4. The quantitative estimate of drug-likeness (QED) is 0.511. The Bertz CT molecular complexity index is 1170. The van der Waals surface area contributed by atoms with Gasteiger partial charge in [-0.15, -0.1) is 0 Å². The van der Waals surface area contributed by atoms with E-state index in [1.54, 1.807) is 10.7 Å². The van der Waals surface area contributed by atoms with Crippen LogP contribution in [0.1, 0.15) is 16.8 Å². The monoisotopic (exact) mass is 378 g/mol. The van der Waals surface area contributed by atoms with Gasteiger partial charge in [-0.05, 0) is 42.8 Å². The van der Waals surface area contributed by atoms with Crippen LogP contribution in [0, 0.1) is 0 Å². The molecule has 0 aliphatic carbocycles. The summed E-state index contributed by atoms with van der Waals surface area (Å²) < 4.78 is 15.7. The first kappa shape index (κ1) is 16.9. The van der Waals surface area contributed by atoms with Gasteiger partial charge in [0.1, 0.15) is 11.8 Å². The molecular formula is C20H19FN6O. The Labute approximate surface area is 160 Å². The van der Waals surface area contributed by atoms with Crippen LogP contribution in [0.3, 0.4) is 0 Å². The fourth-order valence-corrected chi connectivity index (χ4v) is 3.75. The molecule has 2 atom stereocenters. The first-order chi connectivity index (χ1) is 13.7. The van der Waals surface area contributed by atoms with Crippen LogP contribution in [0.2, 0.25) is 0 Å². The number of piperidine rings is 1. The van der Waals surface area contributed by atoms with Crippen LogP contribution in [-0.2, 0) is 0 Å². The number of pyridine rings is 2. The maximum absolute atomic E-state index is 14.1. The second-order valence-corrected chi connectivity index (χ2v) is 6.99. The number of carbonyl (C=O) groups is 1. The average Bonchev–Trinajstić information content (AvgIpc) is 3.33. The predicted molar refractivity (Wildman–Crippen MR) is 104 cm³/mol. The highest BCUT2D eigenvalue weighted by atomic mass is 19.1. The van der Waals surface area contributed by atoms with Gasteiger partial charge in [0.05, 0.1) is 23.3 Å². The molecule has 5 heterocycles. The fraction of sp³-hybridized carbons (Fsp3) is 0.250. The van der Waals surface area contributed by atoms with E-state index in [9.17, 15) is 9.18 Å². The van der Waals surface area contributed by atoms with Gasteiger partial charge >= 0.3 is 0 Å². The van der Waals surface area contributed by atoms with Crippen molar-refractivity contribution in [3.05, 3.63) is 54.6 Å². The van der Waals surface area contributed by atoms with Crippen molar-refractivity contribution in [2.24, 2.45) is 0 Å². The van der Waals surface area contributed by atoms with E-state index in [2.05, 4.69) is 25.7 Å². The summed E-state index contributed by atoms with van der Waals surface area (Å²) in [5.41, 5.74) is 3.87. The van der Waals surface area contributed by atoms with Crippen LogP contribution < -0.4 is 10.6 Å². The van der Waals surface area contributed by atoms with Gasteiger partial charge in [0.25, 0.3) is 5.91 Å². The summed E-state index contributed by atoms with van der Waals surface area (Å²) >= 11 is 0. The molecule has 4 aromatic heterocycles. The van der Waals surface area contributed by atoms with Crippen LogP contribution >= 0.6 is 0 Å². The van der Waals surface area contributed by atoms with Crippen molar-refractivity contribution in [2.45, 2.75) is 18.6 Å². The summed E-state index contributed by atoms with van der Waals surface area (Å²) in [6.07, 6.45) is 6.47. The molecule has 1 aliphatic heterocycles. The van der Waals surface area contributed by atoms with Crippen molar-refractivity contribution in [3.63, 3.8) is 0 Å². The zero-order valence-electron chi connectivity index (χ0n) is 15.0. The predicted octanol–water partition coefficient (Wildman–Crippen LogP) is 2.31. The van der Waals surface area contributed by atoms with E-state index in [1.807, 2.05) is 36.7 Å². The molecule has 1 saturated heterocycles. The highest BCUT2D eigenvalue weighted by molar-refractivity contribution is 6.02. The summed E-state index contributed by atoms with van der Waals surface area (Å²) in [6, 6.07) is 7.28. The second-order valence-electron chi connectivity index (χ2n) is 6.99. The van der Waals surface area contributed by atoms with Crippen molar-refractivity contribution in [1.82, 2.24) is 30.2 Å². The molecule has 0 aromatic carbocycles. The number of carbonyl (C=O) groups excluding carboxylic acids is 1. The highest BCUT2D eigenvalue weighted by Gasteiger charge is 2.27. The van der Waals surface area contributed by atoms with Crippen LogP contribution in [-0.4, -0.2) is 50.8 Å². The van der Waals surface area contributed by atoms with Gasteiger partial charge in [0, 0.05) is 36.1 Å². The third-order valence-electron chi connectivity index (χ3n) is 5.25. The zero-order chi connectivity index (χ0) is 19.1. The minimum absolute atomic E-state index is 0.262. The van der Waals surface area contributed by atoms with E-state index in [-0.39, 0.29) is 12.5 Å². The molecule has 1 aliphatic rings. The molecule has 0 saturated carbocycles. The van der Waals surface area contributed by atoms with E-state index < -0.39 is 12.2 Å². The standard InChI is InChI=1S/C20H19FN6O/c21-16-11-22-6-3-17(16)26-20(28)15-10-25-27-7-4-12(8-18(15)27)14-9-24-19-13(14)2-1-5-23-19/h1-2,4-5,7-10,16-17,22H,3,6,11H2,(H,23,24)(H,26,28)/t16-,17-/m1/s1. The first-order valence-electron chi connectivity index (χ1n) is 9.26. The number of halogens is 1. The number of rotatable bonds is 3. The molecule has 28 heavy (non-hydrogen) atoms. The van der Waals surface area contributed by atoms with Crippen LogP contribution in [0.4, 0.5) is 4.39 Å². The third-order valence-corrected chi connectivity index (χ3v) is 5.25. The Morgan fingerprint density at radius 1 is 1.36 bits per heavy atom. The Hall–Kier alpha value is -3.26. The minimum atomic E-state index is -1.09. The molecule has 142 valence electrons. The normalized spacial score (nSPS) is 19.9. The van der Waals surface area contributed by atoms with E-state index in [0.717, 1.165) is 22.2 Å². The molecule has 0 unspecified atom stereocenters. The van der Waals surface area contributed by atoms with Crippen molar-refractivity contribution < 1.29 is 9.18 Å². The number of amides is 1. The Kier molecular flexibility index (Phi) is 4.05. The SMILES string of the molecule is O=C(N[C@@H]1CCNC[C@H]1F)c1cnn2ccc(-c3c[nH]c4ncccc34)cc12. The molecular weight excluding hydrogens is 359 g/mol. The summed E-state index contributed by atoms with van der Waals surface area (Å²) in [5, 5.41) is 11.1. The number of nitrogens with one attached hydrogen (secondary N) is 3. The lowest BCUT2D eigenvalue weighted by Crippen LogP contribution is -2.50. The minimum Gasteiger partial charge on any atom is -0.346 e. The van der Waals surface area contributed by atoms with Crippen molar-refractivity contribution in [3.8, 4) is 11.1 Å². The number of hydrogen-bond donors (Lipinski definition) is 3. The van der Waals surface area contributed by atoms with Gasteiger partial charge in [-0.1, -0.05) is 0 Å². The highest BCUT2D eigenvalue weighted by Crippen LogP contribution is 2.29. The van der Waals surface area contributed by atoms with E-state index in [1.165, 1.54) is 6.20 Å². The number of H-pyrrole nitrogens is 1. The lowest BCUT2D eigenvalue weighted by atomic mass is 10.0. The topological polar surface area (TPSA) is 87.1 Å². The fourth-order valence-electron chi connectivity index (χ4n) is 3.75. The number of aromatic amines is 1. The maximum atomic E-state index is 14.1. The molecule has 1 fully saturated rings. The molecule has 1 amide bonds. The van der Waals surface area contributed by atoms with Crippen molar-refractivity contribution in [2.75, 3.05) is 13.1 Å². The smallest absolute Gasteiger partial charge is 0.255 e. The Balaban J connectivity index is 1.51. The number of nitrogens with zero attached hydrogens (tertiary/aromatic N) is 3. The molecule has 5 rings (SSSR count). The van der Waals surface area contributed by atoms with Gasteiger partial charge in [-0.3, -0.25) is 4.79 Å². The largest absolute Gasteiger partial charge is 0.346 e. The van der Waals surface area contributed by atoms with Gasteiger partial charge in [0.2, 0.25) is 0 Å². The van der Waals surface area contributed by atoms with Crippen LogP contribution in [0.5, 0.6) is 0 Å². The Morgan fingerprint density at radius 2 is 2.29 bits per heavy atom. The summed E-state index contributed by atoms with van der Waals surface area (Å²) in [6.45, 7) is 0.956. The Morgan fingerprint density at radius 3 is 3.18 bits per heavy atom. The van der Waals surface area contributed by atoms with E-state index in [4.69, 9.17) is 0 Å². The summed E-state index contributed by atoms with van der Waals surface area (Å²) in [4.78, 5) is 20.3. The zero-order valence-corrected chi connectivity index (χ0v) is 15.0. The lowest BCUT2D eigenvalue weighted by molar-refractivity contribution is 0.0894. The first-order valence-corrected chi connectivity index (χ1v) is 9.26. The third kappa shape index (κ3) is 2.82. The molecule has 0 spiro atoms. The number of hydrogen-bond acceptors (Lipinski definition) is 4. The van der Waals surface area contributed by atoms with Crippen LogP contribution in [0.15, 0.2) is 49.1 Å². The second kappa shape index (κ2) is 6.72. The van der Waals surface area contributed by atoms with Gasteiger partial charge in [-0.2, -0.15) is 5.10 Å². The van der Waals surface area contributed by atoms with Crippen molar-refractivity contribution >= 4 is 22.5 Å². The van der Waals surface area contributed by atoms with E-state index in [0.29, 0.717) is 24.0 Å². The van der Waals surface area contributed by atoms with Gasteiger partial charge in [0.15, 0.2) is 0 Å². The molecule has 4 aromatic rings. The molecule has 0 radical (unpaired) electrons. The lowest BCUT2D eigenvalue weighted by Gasteiger charge is -2.27. The molecule has 8 heteroatoms.